The number of hydrogen-bond donors (Lipinski definition) is 0. The lowest BCUT2D eigenvalue weighted by Gasteiger charge is -2.19. The summed E-state index contributed by atoms with van der Waals surface area (Å²) in [5.74, 6) is 0.917. The van der Waals surface area contributed by atoms with Gasteiger partial charge in [0.1, 0.15) is 5.75 Å². The highest BCUT2D eigenvalue weighted by Crippen LogP contribution is 2.21. The van der Waals surface area contributed by atoms with Gasteiger partial charge in [-0.05, 0) is 32.0 Å². The Morgan fingerprint density at radius 3 is 2.57 bits per heavy atom. The average molecular weight is 286 g/mol. The van der Waals surface area contributed by atoms with E-state index in [1.807, 2.05) is 67.7 Å². The molecule has 0 saturated heterocycles. The summed E-state index contributed by atoms with van der Waals surface area (Å²) in [6.07, 6.45) is 0. The molecule has 0 N–H and O–H groups in total. The van der Waals surface area contributed by atoms with Crippen molar-refractivity contribution in [3.05, 3.63) is 47.3 Å². The zero-order chi connectivity index (χ0) is 15.6. The number of ether oxygens (including phenoxy) is 1. The normalized spacial score (nSPS) is 10.5. The number of hydrogen-bond acceptors (Lipinski definition) is 3. The van der Waals surface area contributed by atoms with Gasteiger partial charge in [0.15, 0.2) is 5.78 Å². The molecule has 0 unspecified atom stereocenters. The van der Waals surface area contributed by atoms with Crippen molar-refractivity contribution in [2.24, 2.45) is 7.05 Å². The maximum absolute atomic E-state index is 12.5. The molecule has 4 nitrogen and oxygen atoms in total. The minimum Gasteiger partial charge on any atom is -0.497 e. The molecule has 0 fully saturated rings. The van der Waals surface area contributed by atoms with E-state index in [0.717, 1.165) is 28.4 Å². The predicted octanol–water partition coefficient (Wildman–Crippen LogP) is 2.97. The molecule has 4 heteroatoms. The van der Waals surface area contributed by atoms with Crippen molar-refractivity contribution in [1.82, 2.24) is 4.57 Å². The molecule has 0 aliphatic rings. The van der Waals surface area contributed by atoms with Crippen LogP contribution in [-0.2, 0) is 7.05 Å². The third-order valence-corrected chi connectivity index (χ3v) is 3.95. The number of benzene rings is 1. The summed E-state index contributed by atoms with van der Waals surface area (Å²) in [4.78, 5) is 14.4. The fraction of sp³-hybridized carbons (Fsp3) is 0.353. The van der Waals surface area contributed by atoms with Crippen LogP contribution in [-0.4, -0.2) is 31.1 Å². The van der Waals surface area contributed by atoms with E-state index in [2.05, 4.69) is 0 Å². The van der Waals surface area contributed by atoms with Gasteiger partial charge >= 0.3 is 0 Å². The zero-order valence-electron chi connectivity index (χ0n) is 13.3. The summed E-state index contributed by atoms with van der Waals surface area (Å²) in [5, 5.41) is 0. The third kappa shape index (κ3) is 3.10. The maximum atomic E-state index is 12.5. The van der Waals surface area contributed by atoms with Gasteiger partial charge in [0.2, 0.25) is 0 Å². The minimum absolute atomic E-state index is 0.126. The Hall–Kier alpha value is -2.23. The molecule has 112 valence electrons. The highest BCUT2D eigenvalue weighted by molar-refractivity contribution is 6.00. The van der Waals surface area contributed by atoms with Crippen LogP contribution in [0.1, 0.15) is 21.7 Å². The Labute approximate surface area is 125 Å². The molecule has 1 aromatic carbocycles. The van der Waals surface area contributed by atoms with Gasteiger partial charge in [-0.15, -0.1) is 0 Å². The van der Waals surface area contributed by atoms with Gasteiger partial charge in [0.05, 0.1) is 13.7 Å². The first-order valence-electron chi connectivity index (χ1n) is 6.95. The number of nitrogens with zero attached hydrogens (tertiary/aromatic N) is 2. The topological polar surface area (TPSA) is 34.5 Å². The molecule has 2 aromatic rings. The van der Waals surface area contributed by atoms with E-state index in [4.69, 9.17) is 4.74 Å². The second-order valence-corrected chi connectivity index (χ2v) is 5.32. The first-order chi connectivity index (χ1) is 9.93. The van der Waals surface area contributed by atoms with E-state index in [9.17, 15) is 4.79 Å². The second-order valence-electron chi connectivity index (χ2n) is 5.32. The van der Waals surface area contributed by atoms with Crippen molar-refractivity contribution in [2.75, 3.05) is 25.6 Å². The van der Waals surface area contributed by atoms with Crippen molar-refractivity contribution in [1.29, 1.82) is 0 Å². The lowest BCUT2D eigenvalue weighted by Crippen LogP contribution is -2.25. The number of carbonyl (C=O) groups excluding carboxylic acids is 1. The summed E-state index contributed by atoms with van der Waals surface area (Å²) >= 11 is 0. The number of rotatable bonds is 5. The summed E-state index contributed by atoms with van der Waals surface area (Å²) < 4.78 is 7.26. The van der Waals surface area contributed by atoms with Crippen molar-refractivity contribution >= 4 is 11.5 Å². The number of anilines is 1. The molecule has 0 amide bonds. The SMILES string of the molecule is COc1cccc(N(C)CC(=O)c2cc(C)n(C)c2C)c1. The molecule has 0 atom stereocenters. The molecule has 0 spiro atoms. The first-order valence-corrected chi connectivity index (χ1v) is 6.95. The van der Waals surface area contributed by atoms with Crippen molar-refractivity contribution in [3.8, 4) is 5.75 Å². The molecule has 0 saturated carbocycles. The van der Waals surface area contributed by atoms with E-state index in [1.165, 1.54) is 0 Å². The van der Waals surface area contributed by atoms with Crippen molar-refractivity contribution in [3.63, 3.8) is 0 Å². The molecule has 21 heavy (non-hydrogen) atoms. The summed E-state index contributed by atoms with van der Waals surface area (Å²) in [6, 6.07) is 9.67. The maximum Gasteiger partial charge on any atom is 0.183 e. The third-order valence-electron chi connectivity index (χ3n) is 3.95. The largest absolute Gasteiger partial charge is 0.497 e. The Morgan fingerprint density at radius 1 is 1.29 bits per heavy atom. The zero-order valence-corrected chi connectivity index (χ0v) is 13.3. The van der Waals surface area contributed by atoms with Crippen LogP contribution in [0.4, 0.5) is 5.69 Å². The highest BCUT2D eigenvalue weighted by atomic mass is 16.5. The molecule has 0 aliphatic heterocycles. The number of likely N-dealkylation sites (N-methyl/N-ethyl adjacent to an activating group) is 1. The molecule has 1 aromatic heterocycles. The van der Waals surface area contributed by atoms with Gasteiger partial charge in [0, 0.05) is 42.8 Å². The molecule has 1 heterocycles. The smallest absolute Gasteiger partial charge is 0.183 e. The minimum atomic E-state index is 0.126. The van der Waals surface area contributed by atoms with Crippen LogP contribution in [0, 0.1) is 13.8 Å². The van der Waals surface area contributed by atoms with Crippen molar-refractivity contribution < 1.29 is 9.53 Å². The molecule has 2 rings (SSSR count). The number of methoxy groups -OCH3 is 1. The molecular formula is C17H22N2O2. The number of aromatic nitrogens is 1. The quantitative estimate of drug-likeness (QED) is 0.793. The monoisotopic (exact) mass is 286 g/mol. The standard InChI is InChI=1S/C17H22N2O2/c1-12-9-16(13(2)19(12)4)17(20)11-18(3)14-7-6-8-15(10-14)21-5/h6-10H,11H2,1-5H3. The fourth-order valence-electron chi connectivity index (χ4n) is 2.38. The van der Waals surface area contributed by atoms with Crippen molar-refractivity contribution in [2.45, 2.75) is 13.8 Å². The van der Waals surface area contributed by atoms with E-state index in [-0.39, 0.29) is 5.78 Å². The summed E-state index contributed by atoms with van der Waals surface area (Å²) in [6.45, 7) is 4.33. The highest BCUT2D eigenvalue weighted by Gasteiger charge is 2.16. The fourth-order valence-corrected chi connectivity index (χ4v) is 2.38. The Balaban J connectivity index is 2.16. The van der Waals surface area contributed by atoms with Gasteiger partial charge in [-0.1, -0.05) is 6.07 Å². The second kappa shape index (κ2) is 6.04. The van der Waals surface area contributed by atoms with Crippen LogP contribution in [0.15, 0.2) is 30.3 Å². The Bertz CT molecular complexity index is 659. The van der Waals surface area contributed by atoms with E-state index < -0.39 is 0 Å². The van der Waals surface area contributed by atoms with Crippen LogP contribution >= 0.6 is 0 Å². The van der Waals surface area contributed by atoms with E-state index >= 15 is 0 Å². The average Bonchev–Trinajstić information content (AvgIpc) is 2.75. The first kappa shape index (κ1) is 15.2. The van der Waals surface area contributed by atoms with Gasteiger partial charge in [-0.25, -0.2) is 0 Å². The summed E-state index contributed by atoms with van der Waals surface area (Å²) in [7, 11) is 5.53. The van der Waals surface area contributed by atoms with Gasteiger partial charge in [-0.2, -0.15) is 0 Å². The van der Waals surface area contributed by atoms with Gasteiger partial charge in [0.25, 0.3) is 0 Å². The lowest BCUT2D eigenvalue weighted by molar-refractivity contribution is 0.0999. The number of Topliss-reactive ketones (excluding diaryl/α,β-unsaturated/α-hetero) is 1. The number of aryl methyl sites for hydroxylation is 1. The van der Waals surface area contributed by atoms with Crippen LogP contribution < -0.4 is 9.64 Å². The Kier molecular flexibility index (Phi) is 4.36. The predicted molar refractivity (Wildman–Crippen MR) is 85.5 cm³/mol. The molecular weight excluding hydrogens is 264 g/mol. The van der Waals surface area contributed by atoms with E-state index in [0.29, 0.717) is 6.54 Å². The van der Waals surface area contributed by atoms with E-state index in [1.54, 1.807) is 7.11 Å². The van der Waals surface area contributed by atoms with Crippen LogP contribution in [0.25, 0.3) is 0 Å². The number of carbonyl (C=O) groups is 1. The van der Waals surface area contributed by atoms with Gasteiger partial charge in [-0.3, -0.25) is 4.79 Å². The molecule has 0 radical (unpaired) electrons. The Morgan fingerprint density at radius 2 is 2.00 bits per heavy atom. The molecule has 0 bridgehead atoms. The molecule has 0 aliphatic carbocycles. The van der Waals surface area contributed by atoms with Crippen LogP contribution in [0.5, 0.6) is 5.75 Å². The summed E-state index contributed by atoms with van der Waals surface area (Å²) in [5.41, 5.74) is 3.87. The van der Waals surface area contributed by atoms with Crippen LogP contribution in [0.3, 0.4) is 0 Å². The number of ketones is 1. The van der Waals surface area contributed by atoms with Crippen LogP contribution in [0.2, 0.25) is 0 Å². The lowest BCUT2D eigenvalue weighted by atomic mass is 10.1. The van der Waals surface area contributed by atoms with Gasteiger partial charge < -0.3 is 14.2 Å².